The van der Waals surface area contributed by atoms with Gasteiger partial charge in [-0.15, -0.1) is 0 Å². The molecule has 2 aromatic rings. The Bertz CT molecular complexity index is 1240. The number of non-ortho nitro benzene ring substituents is 1. The first-order valence-corrected chi connectivity index (χ1v) is 12.0. The molecule has 2 N–H and O–H groups in total. The molecule has 0 radical (unpaired) electrons. The highest BCUT2D eigenvalue weighted by Crippen LogP contribution is 2.50. The number of esters is 1. The normalized spacial score (nSPS) is 24.7. The van der Waals surface area contributed by atoms with Crippen LogP contribution in [0.2, 0.25) is 0 Å². The monoisotopic (exact) mass is 509 g/mol. The fraction of sp³-hybridized carbons (Fsp3) is 0.385. The third kappa shape index (κ3) is 4.69. The van der Waals surface area contributed by atoms with E-state index in [-0.39, 0.29) is 18.7 Å². The number of nitro groups is 1. The first-order chi connectivity index (χ1) is 17.6. The maximum absolute atomic E-state index is 13.6. The van der Waals surface area contributed by atoms with Crippen LogP contribution in [0.5, 0.6) is 5.75 Å². The van der Waals surface area contributed by atoms with Gasteiger partial charge in [-0.1, -0.05) is 37.6 Å². The quantitative estimate of drug-likeness (QED) is 0.170. The molecular formula is C26H27N3O8. The van der Waals surface area contributed by atoms with Gasteiger partial charge in [0.1, 0.15) is 11.3 Å². The van der Waals surface area contributed by atoms with Crippen LogP contribution in [0.4, 0.5) is 5.69 Å². The van der Waals surface area contributed by atoms with Gasteiger partial charge >= 0.3 is 11.9 Å². The van der Waals surface area contributed by atoms with Crippen LogP contribution in [0.15, 0.2) is 48.5 Å². The van der Waals surface area contributed by atoms with Gasteiger partial charge in [0.05, 0.1) is 16.8 Å². The van der Waals surface area contributed by atoms with Crippen molar-refractivity contribution in [3.63, 3.8) is 0 Å². The number of carbonyl (C=O) groups is 4. The molecule has 4 rings (SSSR count). The largest absolute Gasteiger partial charge is 0.480 e. The van der Waals surface area contributed by atoms with Gasteiger partial charge in [0.25, 0.3) is 5.69 Å². The molecule has 0 aliphatic carbocycles. The van der Waals surface area contributed by atoms with E-state index in [9.17, 15) is 34.4 Å². The van der Waals surface area contributed by atoms with Gasteiger partial charge in [-0.05, 0) is 29.7 Å². The number of fused-ring (bicyclic) bond motifs is 1. The predicted molar refractivity (Wildman–Crippen MR) is 129 cm³/mol. The highest BCUT2D eigenvalue weighted by Gasteiger charge is 2.68. The summed E-state index contributed by atoms with van der Waals surface area (Å²) in [5.41, 5.74) is -0.934. The molecule has 194 valence electrons. The third-order valence-electron chi connectivity index (χ3n) is 6.99. The molecule has 0 saturated carbocycles. The van der Waals surface area contributed by atoms with Crippen molar-refractivity contribution in [1.82, 2.24) is 10.2 Å². The van der Waals surface area contributed by atoms with Gasteiger partial charge in [0.15, 0.2) is 0 Å². The smallest absolute Gasteiger partial charge is 0.325 e. The number of aliphatic carboxylic acids is 1. The summed E-state index contributed by atoms with van der Waals surface area (Å²) in [6.45, 7) is 3.40. The van der Waals surface area contributed by atoms with Crippen LogP contribution in [0.25, 0.3) is 0 Å². The second-order valence-electron chi connectivity index (χ2n) is 9.35. The summed E-state index contributed by atoms with van der Waals surface area (Å²) in [4.78, 5) is 62.9. The van der Waals surface area contributed by atoms with Gasteiger partial charge in [-0.25, -0.2) is 0 Å². The van der Waals surface area contributed by atoms with Crippen LogP contribution < -0.4 is 10.1 Å². The van der Waals surface area contributed by atoms with Crippen LogP contribution in [0.3, 0.4) is 0 Å². The molecule has 11 nitrogen and oxygen atoms in total. The number of likely N-dealkylation sites (tertiary alicyclic amines) is 1. The van der Waals surface area contributed by atoms with Crippen LogP contribution in [-0.2, 0) is 25.6 Å². The van der Waals surface area contributed by atoms with E-state index >= 15 is 0 Å². The zero-order chi connectivity index (χ0) is 26.9. The summed E-state index contributed by atoms with van der Waals surface area (Å²) in [6, 6.07) is 11.0. The van der Waals surface area contributed by atoms with Gasteiger partial charge < -0.3 is 9.84 Å². The Morgan fingerprint density at radius 2 is 1.76 bits per heavy atom. The summed E-state index contributed by atoms with van der Waals surface area (Å²) < 4.78 is 5.07. The lowest BCUT2D eigenvalue weighted by Crippen LogP contribution is -2.57. The molecule has 4 unspecified atom stereocenters. The van der Waals surface area contributed by atoms with Crippen molar-refractivity contribution in [1.29, 1.82) is 0 Å². The minimum absolute atomic E-state index is 0.144. The maximum atomic E-state index is 13.6. The minimum Gasteiger partial charge on any atom is -0.480 e. The Hall–Kier alpha value is -4.12. The first kappa shape index (κ1) is 26.0. The number of amides is 2. The molecule has 2 saturated heterocycles. The molecule has 0 spiro atoms. The average Bonchev–Trinajstić information content (AvgIpc) is 3.32. The van der Waals surface area contributed by atoms with Crippen molar-refractivity contribution in [3.8, 4) is 5.75 Å². The van der Waals surface area contributed by atoms with Crippen molar-refractivity contribution in [3.05, 3.63) is 69.8 Å². The second-order valence-corrected chi connectivity index (χ2v) is 9.35. The highest BCUT2D eigenvalue weighted by atomic mass is 16.6. The predicted octanol–water partition coefficient (Wildman–Crippen LogP) is 2.63. The molecule has 37 heavy (non-hydrogen) atoms. The number of nitrogens with zero attached hydrogens (tertiary/aromatic N) is 2. The lowest BCUT2D eigenvalue weighted by atomic mass is 9.76. The Labute approximate surface area is 212 Å². The van der Waals surface area contributed by atoms with E-state index < -0.39 is 52.1 Å². The number of carboxylic acids is 1. The Balaban J connectivity index is 1.76. The number of hydrogen-bond donors (Lipinski definition) is 2. The first-order valence-electron chi connectivity index (χ1n) is 12.0. The van der Waals surface area contributed by atoms with Crippen molar-refractivity contribution in [2.45, 2.75) is 44.7 Å². The summed E-state index contributed by atoms with van der Waals surface area (Å²) in [7, 11) is 0. The number of rotatable bonds is 9. The SMILES string of the molecule is CCCCN1C(=O)C2C(c3ccc(OC(C)=O)cc3)NC(Cc3ccc([N+](=O)[O-])cc3)(C(=O)O)C2C1=O. The zero-order valence-corrected chi connectivity index (χ0v) is 20.4. The summed E-state index contributed by atoms with van der Waals surface area (Å²) in [5.74, 6) is -4.61. The number of carboxylic acid groups (broad SMARTS) is 1. The van der Waals surface area contributed by atoms with E-state index in [4.69, 9.17) is 4.74 Å². The number of imide groups is 1. The summed E-state index contributed by atoms with van der Waals surface area (Å²) >= 11 is 0. The molecule has 2 amide bonds. The van der Waals surface area contributed by atoms with Crippen LogP contribution in [-0.4, -0.2) is 50.8 Å². The fourth-order valence-corrected chi connectivity index (χ4v) is 5.29. The van der Waals surface area contributed by atoms with E-state index in [1.54, 1.807) is 24.3 Å². The number of benzene rings is 2. The van der Waals surface area contributed by atoms with Gasteiger partial charge in [0, 0.05) is 38.1 Å². The molecule has 0 aromatic heterocycles. The van der Waals surface area contributed by atoms with Gasteiger partial charge in [0.2, 0.25) is 11.8 Å². The summed E-state index contributed by atoms with van der Waals surface area (Å²) in [6.07, 6.45) is 1.18. The topological polar surface area (TPSA) is 156 Å². The lowest BCUT2D eigenvalue weighted by Gasteiger charge is -2.31. The summed E-state index contributed by atoms with van der Waals surface area (Å²) in [5, 5.41) is 24.6. The van der Waals surface area contributed by atoms with E-state index in [0.29, 0.717) is 23.3 Å². The van der Waals surface area contributed by atoms with Crippen molar-refractivity contribution >= 4 is 29.4 Å². The molecule has 2 fully saturated rings. The van der Waals surface area contributed by atoms with Crippen LogP contribution in [0, 0.1) is 22.0 Å². The third-order valence-corrected chi connectivity index (χ3v) is 6.99. The van der Waals surface area contributed by atoms with Crippen molar-refractivity contribution < 1.29 is 33.9 Å². The number of nitrogens with one attached hydrogen (secondary N) is 1. The molecule has 0 bridgehead atoms. The minimum atomic E-state index is -1.83. The van der Waals surface area contributed by atoms with Crippen molar-refractivity contribution in [2.75, 3.05) is 6.54 Å². The molecule has 2 aliphatic rings. The standard InChI is InChI=1S/C26H27N3O8/c1-3-4-13-28-23(31)20-21(24(28)32)26(25(33)34,14-16-5-9-18(10-6-16)29(35)36)27-22(20)17-7-11-19(12-8-17)37-15(2)30/h5-12,20-22,27H,3-4,13-14H2,1-2H3,(H,33,34). The maximum Gasteiger partial charge on any atom is 0.325 e. The number of hydrogen-bond acceptors (Lipinski definition) is 8. The van der Waals surface area contributed by atoms with E-state index in [2.05, 4.69) is 5.32 Å². The zero-order valence-electron chi connectivity index (χ0n) is 20.4. The molecular weight excluding hydrogens is 482 g/mol. The molecule has 2 heterocycles. The van der Waals surface area contributed by atoms with Crippen molar-refractivity contribution in [2.24, 2.45) is 11.8 Å². The lowest BCUT2D eigenvalue weighted by molar-refractivity contribution is -0.384. The number of unbranched alkanes of at least 4 members (excludes halogenated alkanes) is 1. The fourth-order valence-electron chi connectivity index (χ4n) is 5.29. The van der Waals surface area contributed by atoms with E-state index in [1.807, 2.05) is 6.92 Å². The highest BCUT2D eigenvalue weighted by molar-refractivity contribution is 6.09. The van der Waals surface area contributed by atoms with Crippen LogP contribution >= 0.6 is 0 Å². The molecule has 2 aromatic carbocycles. The van der Waals surface area contributed by atoms with Gasteiger partial charge in [-0.3, -0.25) is 39.5 Å². The van der Waals surface area contributed by atoms with E-state index in [0.717, 1.165) is 11.3 Å². The van der Waals surface area contributed by atoms with Crippen LogP contribution in [0.1, 0.15) is 43.9 Å². The molecule has 11 heteroatoms. The Kier molecular flexibility index (Phi) is 7.08. The number of carbonyl (C=O) groups excluding carboxylic acids is 3. The Morgan fingerprint density at radius 3 is 2.30 bits per heavy atom. The number of nitro benzene ring substituents is 1. The van der Waals surface area contributed by atoms with E-state index in [1.165, 1.54) is 31.2 Å². The second kappa shape index (κ2) is 10.1. The average molecular weight is 510 g/mol. The molecule has 4 atom stereocenters. The molecule has 2 aliphatic heterocycles. The number of ether oxygens (including phenoxy) is 1. The Morgan fingerprint density at radius 1 is 1.11 bits per heavy atom. The van der Waals surface area contributed by atoms with Gasteiger partial charge in [-0.2, -0.15) is 0 Å².